The summed E-state index contributed by atoms with van der Waals surface area (Å²) in [5.74, 6) is 0.483. The van der Waals surface area contributed by atoms with E-state index in [0.717, 1.165) is 29.0 Å². The van der Waals surface area contributed by atoms with Gasteiger partial charge >= 0.3 is 0 Å². The molecule has 0 radical (unpaired) electrons. The second kappa shape index (κ2) is 10.6. The second-order valence-corrected chi connectivity index (χ2v) is 9.80. The molecule has 0 saturated heterocycles. The molecule has 0 spiro atoms. The number of hydrogen-bond donors (Lipinski definition) is 0. The van der Waals surface area contributed by atoms with Crippen molar-refractivity contribution in [2.45, 2.75) is 63.7 Å². The Hall–Kier alpha value is -2.19. The lowest BCUT2D eigenvalue weighted by molar-refractivity contribution is 0.310. The molecule has 0 N–H and O–H groups in total. The summed E-state index contributed by atoms with van der Waals surface area (Å²) in [5.41, 5.74) is 3.45. The highest BCUT2D eigenvalue weighted by Gasteiger charge is 2.23. The molecule has 168 valence electrons. The lowest BCUT2D eigenvalue weighted by Crippen LogP contribution is -2.14. The Balaban J connectivity index is 1.31. The maximum Gasteiger partial charge on any atom is 0.129 e. The van der Waals surface area contributed by atoms with Gasteiger partial charge in [-0.15, -0.1) is 0 Å². The van der Waals surface area contributed by atoms with Crippen LogP contribution in [-0.4, -0.2) is 0 Å². The molecule has 0 bridgehead atoms. The average Bonchev–Trinajstić information content (AvgIpc) is 2.81. The highest BCUT2D eigenvalue weighted by atomic mass is 35.5. The largest absolute Gasteiger partial charge is 0.207 e. The molecule has 0 aromatic heterocycles. The summed E-state index contributed by atoms with van der Waals surface area (Å²) in [7, 11) is 0. The molecule has 0 aliphatic heterocycles. The zero-order valence-electron chi connectivity index (χ0n) is 18.7. The Kier molecular flexibility index (Phi) is 7.63. The molecule has 1 saturated carbocycles. The van der Waals surface area contributed by atoms with Gasteiger partial charge in [0, 0.05) is 10.6 Å². The van der Waals surface area contributed by atoms with E-state index in [4.69, 9.17) is 11.6 Å². The van der Waals surface area contributed by atoms with E-state index < -0.39 is 11.6 Å². The molecule has 4 rings (SSSR count). The predicted molar refractivity (Wildman–Crippen MR) is 129 cm³/mol. The monoisotopic (exact) mass is 452 g/mol. The Bertz CT molecular complexity index is 982. The van der Waals surface area contributed by atoms with Crippen LogP contribution in [0.5, 0.6) is 0 Å². The molecule has 0 heterocycles. The van der Waals surface area contributed by atoms with Crippen molar-refractivity contribution >= 4 is 11.6 Å². The molecule has 3 aromatic rings. The van der Waals surface area contributed by atoms with Crippen LogP contribution in [0, 0.1) is 17.6 Å². The SMILES string of the molecule is CC(Cc1c(F)cc(CCC2CCC(c3ccc(Cl)cc3)CC2)cc1F)c1ccccc1. The molecule has 32 heavy (non-hydrogen) atoms. The molecule has 1 fully saturated rings. The molecule has 1 aliphatic rings. The fourth-order valence-electron chi connectivity index (χ4n) is 5.09. The van der Waals surface area contributed by atoms with Gasteiger partial charge in [-0.3, -0.25) is 0 Å². The molecule has 1 atom stereocenters. The van der Waals surface area contributed by atoms with Crippen LogP contribution in [0.15, 0.2) is 66.7 Å². The van der Waals surface area contributed by atoms with E-state index in [0.29, 0.717) is 18.3 Å². The zero-order chi connectivity index (χ0) is 22.5. The van der Waals surface area contributed by atoms with Crippen LogP contribution in [-0.2, 0) is 12.8 Å². The number of aryl methyl sites for hydroxylation is 1. The van der Waals surface area contributed by atoms with Gasteiger partial charge < -0.3 is 0 Å². The highest BCUT2D eigenvalue weighted by Crippen LogP contribution is 2.38. The van der Waals surface area contributed by atoms with E-state index in [1.807, 2.05) is 49.4 Å². The molecule has 3 heteroatoms. The average molecular weight is 453 g/mol. The summed E-state index contributed by atoms with van der Waals surface area (Å²) in [5, 5.41) is 0.780. The number of hydrogen-bond acceptors (Lipinski definition) is 0. The molecule has 0 amide bonds. The number of halogens is 3. The smallest absolute Gasteiger partial charge is 0.129 e. The summed E-state index contributed by atoms with van der Waals surface area (Å²) in [6, 6.07) is 21.2. The van der Waals surface area contributed by atoms with Gasteiger partial charge in [0.05, 0.1) is 0 Å². The van der Waals surface area contributed by atoms with Gasteiger partial charge in [-0.05, 0) is 104 Å². The summed E-state index contributed by atoms with van der Waals surface area (Å²) < 4.78 is 29.5. The third-order valence-electron chi connectivity index (χ3n) is 7.11. The van der Waals surface area contributed by atoms with Crippen LogP contribution >= 0.6 is 11.6 Å². The first-order valence-corrected chi connectivity index (χ1v) is 12.1. The Morgan fingerprint density at radius 3 is 2.12 bits per heavy atom. The minimum Gasteiger partial charge on any atom is -0.207 e. The maximum absolute atomic E-state index is 14.8. The van der Waals surface area contributed by atoms with Crippen LogP contribution in [0.3, 0.4) is 0 Å². The summed E-state index contributed by atoms with van der Waals surface area (Å²) in [6.07, 6.45) is 6.79. The van der Waals surface area contributed by atoms with Gasteiger partial charge in [0.15, 0.2) is 0 Å². The Morgan fingerprint density at radius 1 is 0.875 bits per heavy atom. The third-order valence-corrected chi connectivity index (χ3v) is 7.36. The molecule has 1 aliphatic carbocycles. The first kappa shape index (κ1) is 23.0. The van der Waals surface area contributed by atoms with Crippen molar-refractivity contribution < 1.29 is 8.78 Å². The standard InChI is InChI=1S/C29H31ClF2/c1-20(23-5-3-2-4-6-23)17-27-28(31)18-22(19-29(27)32)8-7-21-9-11-24(12-10-21)25-13-15-26(30)16-14-25/h2-6,13-16,18-21,24H,7-12,17H2,1H3. The highest BCUT2D eigenvalue weighted by molar-refractivity contribution is 6.30. The molecular formula is C29H31ClF2. The van der Waals surface area contributed by atoms with Crippen LogP contribution in [0.25, 0.3) is 0 Å². The van der Waals surface area contributed by atoms with Crippen molar-refractivity contribution in [3.05, 3.63) is 106 Å². The van der Waals surface area contributed by atoms with Gasteiger partial charge in [0.1, 0.15) is 11.6 Å². The topological polar surface area (TPSA) is 0 Å². The van der Waals surface area contributed by atoms with E-state index in [2.05, 4.69) is 12.1 Å². The lowest BCUT2D eigenvalue weighted by atomic mass is 9.77. The minimum atomic E-state index is -0.408. The first-order valence-electron chi connectivity index (χ1n) is 11.8. The van der Waals surface area contributed by atoms with Gasteiger partial charge in [-0.1, -0.05) is 61.0 Å². The predicted octanol–water partition coefficient (Wildman–Crippen LogP) is 8.87. The van der Waals surface area contributed by atoms with Gasteiger partial charge in [0.2, 0.25) is 0 Å². The zero-order valence-corrected chi connectivity index (χ0v) is 19.4. The normalized spacial score (nSPS) is 19.6. The summed E-state index contributed by atoms with van der Waals surface area (Å²) >= 11 is 6.00. The van der Waals surface area contributed by atoms with E-state index >= 15 is 0 Å². The van der Waals surface area contributed by atoms with Crippen LogP contribution in [0.1, 0.15) is 73.1 Å². The van der Waals surface area contributed by atoms with E-state index in [-0.39, 0.29) is 11.5 Å². The number of rotatable bonds is 7. The van der Waals surface area contributed by atoms with Crippen LogP contribution in [0.4, 0.5) is 8.78 Å². The molecule has 0 nitrogen and oxygen atoms in total. The third kappa shape index (κ3) is 5.78. The van der Waals surface area contributed by atoms with E-state index in [1.54, 1.807) is 12.1 Å². The first-order chi connectivity index (χ1) is 15.5. The molecular weight excluding hydrogens is 422 g/mol. The number of benzene rings is 3. The van der Waals surface area contributed by atoms with Crippen molar-refractivity contribution in [1.29, 1.82) is 0 Å². The van der Waals surface area contributed by atoms with Gasteiger partial charge in [-0.25, -0.2) is 8.78 Å². The Labute approximate surface area is 195 Å². The van der Waals surface area contributed by atoms with Crippen molar-refractivity contribution in [3.8, 4) is 0 Å². The summed E-state index contributed by atoms with van der Waals surface area (Å²) in [4.78, 5) is 0. The van der Waals surface area contributed by atoms with Gasteiger partial charge in [-0.2, -0.15) is 0 Å². The van der Waals surface area contributed by atoms with Crippen LogP contribution < -0.4 is 0 Å². The Morgan fingerprint density at radius 2 is 1.50 bits per heavy atom. The minimum absolute atomic E-state index is 0.0712. The van der Waals surface area contributed by atoms with Crippen LogP contribution in [0.2, 0.25) is 5.02 Å². The van der Waals surface area contributed by atoms with Crippen molar-refractivity contribution in [1.82, 2.24) is 0 Å². The van der Waals surface area contributed by atoms with E-state index in [1.165, 1.54) is 31.2 Å². The lowest BCUT2D eigenvalue weighted by Gasteiger charge is -2.29. The fourth-order valence-corrected chi connectivity index (χ4v) is 5.22. The summed E-state index contributed by atoms with van der Waals surface area (Å²) in [6.45, 7) is 2.02. The molecule has 3 aromatic carbocycles. The van der Waals surface area contributed by atoms with Crippen molar-refractivity contribution in [2.24, 2.45) is 5.92 Å². The second-order valence-electron chi connectivity index (χ2n) is 9.36. The maximum atomic E-state index is 14.8. The van der Waals surface area contributed by atoms with E-state index in [9.17, 15) is 8.78 Å². The van der Waals surface area contributed by atoms with Gasteiger partial charge in [0.25, 0.3) is 0 Å². The quantitative estimate of drug-likeness (QED) is 0.335. The van der Waals surface area contributed by atoms with Crippen molar-refractivity contribution in [2.75, 3.05) is 0 Å². The fraction of sp³-hybridized carbons (Fsp3) is 0.379. The molecule has 1 unspecified atom stereocenters. The van der Waals surface area contributed by atoms with Crippen molar-refractivity contribution in [3.63, 3.8) is 0 Å².